The molecule has 9 heteroatoms. The van der Waals surface area contributed by atoms with Crippen molar-refractivity contribution in [2.45, 2.75) is 19.0 Å². The first kappa shape index (κ1) is 23.3. The molecule has 0 bridgehead atoms. The van der Waals surface area contributed by atoms with Crippen LogP contribution in [0.4, 0.5) is 5.69 Å². The maximum atomic E-state index is 12.8. The van der Waals surface area contributed by atoms with Crippen molar-refractivity contribution in [1.29, 1.82) is 0 Å². The van der Waals surface area contributed by atoms with Crippen molar-refractivity contribution in [3.8, 4) is 28.6 Å². The first-order chi connectivity index (χ1) is 16.7. The first-order valence-electron chi connectivity index (χ1n) is 10.9. The van der Waals surface area contributed by atoms with Gasteiger partial charge in [-0.1, -0.05) is 30.0 Å². The minimum absolute atomic E-state index is 0.141. The zero-order valence-electron chi connectivity index (χ0n) is 19.0. The molecule has 0 unspecified atom stereocenters. The minimum Gasteiger partial charge on any atom is -0.494 e. The normalized spacial score (nSPS) is 10.6. The molecule has 0 atom stereocenters. The van der Waals surface area contributed by atoms with Gasteiger partial charge in [-0.3, -0.25) is 14.3 Å². The molecular formula is C25H25N5O3S. The maximum absolute atomic E-state index is 12.8. The summed E-state index contributed by atoms with van der Waals surface area (Å²) in [7, 11) is 0. The van der Waals surface area contributed by atoms with Crippen LogP contribution in [0.3, 0.4) is 0 Å². The van der Waals surface area contributed by atoms with Crippen LogP contribution in [0.1, 0.15) is 13.8 Å². The number of hydrogen-bond acceptors (Lipinski definition) is 7. The van der Waals surface area contributed by atoms with E-state index >= 15 is 0 Å². The molecule has 2 aromatic carbocycles. The molecule has 2 aromatic heterocycles. The van der Waals surface area contributed by atoms with Crippen LogP contribution in [0.2, 0.25) is 0 Å². The number of nitrogens with zero attached hydrogens (tertiary/aromatic N) is 4. The Kier molecular flexibility index (Phi) is 7.77. The number of thioether (sulfide) groups is 1. The number of carbonyl (C=O) groups excluding carboxylic acids is 1. The molecule has 0 radical (unpaired) electrons. The summed E-state index contributed by atoms with van der Waals surface area (Å²) in [6.45, 7) is 4.83. The zero-order valence-corrected chi connectivity index (χ0v) is 19.8. The monoisotopic (exact) mass is 475 g/mol. The van der Waals surface area contributed by atoms with Crippen LogP contribution >= 0.6 is 11.8 Å². The van der Waals surface area contributed by atoms with Crippen LogP contribution in [0, 0.1) is 0 Å². The van der Waals surface area contributed by atoms with Gasteiger partial charge >= 0.3 is 0 Å². The number of benzene rings is 2. The number of hydrogen-bond donors (Lipinski definition) is 1. The summed E-state index contributed by atoms with van der Waals surface area (Å²) in [5, 5.41) is 12.3. The van der Waals surface area contributed by atoms with E-state index in [1.54, 1.807) is 24.5 Å². The van der Waals surface area contributed by atoms with E-state index in [9.17, 15) is 4.79 Å². The third-order valence-electron chi connectivity index (χ3n) is 4.74. The van der Waals surface area contributed by atoms with Gasteiger partial charge in [0, 0.05) is 29.7 Å². The Bertz CT molecular complexity index is 1230. The van der Waals surface area contributed by atoms with E-state index in [0.29, 0.717) is 41.4 Å². The molecule has 0 spiro atoms. The summed E-state index contributed by atoms with van der Waals surface area (Å²) in [5.41, 5.74) is 2.31. The second-order valence-corrected chi connectivity index (χ2v) is 8.02. The summed E-state index contributed by atoms with van der Waals surface area (Å²) >= 11 is 1.30. The molecule has 8 nitrogen and oxygen atoms in total. The lowest BCUT2D eigenvalue weighted by Gasteiger charge is -2.14. The molecule has 4 aromatic rings. The molecule has 4 rings (SSSR count). The molecule has 2 heterocycles. The molecule has 0 aliphatic rings. The van der Waals surface area contributed by atoms with Gasteiger partial charge in [-0.2, -0.15) is 0 Å². The Balaban J connectivity index is 1.55. The number of pyridine rings is 1. The molecular weight excluding hydrogens is 450 g/mol. The van der Waals surface area contributed by atoms with Gasteiger partial charge in [-0.25, -0.2) is 0 Å². The quantitative estimate of drug-likeness (QED) is 0.328. The summed E-state index contributed by atoms with van der Waals surface area (Å²) in [5.74, 6) is 1.87. The molecule has 0 aliphatic carbocycles. The molecule has 34 heavy (non-hydrogen) atoms. The number of anilines is 1. The number of para-hydroxylation sites is 1. The van der Waals surface area contributed by atoms with Gasteiger partial charge in [0.2, 0.25) is 5.91 Å². The van der Waals surface area contributed by atoms with Crippen molar-refractivity contribution >= 4 is 23.4 Å². The number of rotatable bonds is 10. The molecule has 174 valence electrons. The van der Waals surface area contributed by atoms with Gasteiger partial charge in [0.1, 0.15) is 11.5 Å². The van der Waals surface area contributed by atoms with Gasteiger partial charge in [-0.05, 0) is 50.2 Å². The summed E-state index contributed by atoms with van der Waals surface area (Å²) in [6.07, 6.45) is 3.45. The SMILES string of the molecule is CCOc1ccc(OCC)c(NC(=O)CSc2nnc(-c3cccnc3)n2-c2ccccc2)c1. The predicted molar refractivity (Wildman–Crippen MR) is 133 cm³/mol. The molecule has 0 aliphatic heterocycles. The van der Waals surface area contributed by atoms with Gasteiger partial charge in [0.05, 0.1) is 24.7 Å². The largest absolute Gasteiger partial charge is 0.494 e. The fourth-order valence-corrected chi connectivity index (χ4v) is 4.07. The van der Waals surface area contributed by atoms with Gasteiger partial charge in [0.15, 0.2) is 11.0 Å². The van der Waals surface area contributed by atoms with Crippen molar-refractivity contribution in [1.82, 2.24) is 19.7 Å². The van der Waals surface area contributed by atoms with E-state index in [2.05, 4.69) is 20.5 Å². The highest BCUT2D eigenvalue weighted by atomic mass is 32.2. The van der Waals surface area contributed by atoms with E-state index in [1.165, 1.54) is 11.8 Å². The van der Waals surface area contributed by atoms with Crippen LogP contribution < -0.4 is 14.8 Å². The van der Waals surface area contributed by atoms with E-state index in [4.69, 9.17) is 9.47 Å². The number of nitrogens with one attached hydrogen (secondary N) is 1. The first-order valence-corrected chi connectivity index (χ1v) is 11.9. The Labute approximate surface area is 202 Å². The average Bonchev–Trinajstić information content (AvgIpc) is 3.30. The van der Waals surface area contributed by atoms with Crippen LogP contribution in [0.5, 0.6) is 11.5 Å². The van der Waals surface area contributed by atoms with Crippen LogP contribution in [0.25, 0.3) is 17.1 Å². The van der Waals surface area contributed by atoms with Gasteiger partial charge < -0.3 is 14.8 Å². The highest BCUT2D eigenvalue weighted by molar-refractivity contribution is 7.99. The number of carbonyl (C=O) groups is 1. The van der Waals surface area contributed by atoms with Gasteiger partial charge in [-0.15, -0.1) is 10.2 Å². The zero-order chi connectivity index (χ0) is 23.8. The third kappa shape index (κ3) is 5.55. The van der Waals surface area contributed by atoms with Crippen LogP contribution in [-0.2, 0) is 4.79 Å². The lowest BCUT2D eigenvalue weighted by molar-refractivity contribution is -0.113. The molecule has 0 saturated carbocycles. The minimum atomic E-state index is -0.190. The second kappa shape index (κ2) is 11.3. The highest BCUT2D eigenvalue weighted by Gasteiger charge is 2.18. The fraction of sp³-hybridized carbons (Fsp3) is 0.200. The van der Waals surface area contributed by atoms with E-state index < -0.39 is 0 Å². The third-order valence-corrected chi connectivity index (χ3v) is 5.66. The Hall–Kier alpha value is -3.85. The Morgan fingerprint density at radius 1 is 1.00 bits per heavy atom. The fourth-order valence-electron chi connectivity index (χ4n) is 3.32. The molecule has 0 saturated heterocycles. The predicted octanol–water partition coefficient (Wildman–Crippen LogP) is 4.86. The standard InChI is InChI=1S/C25H25N5O3S/c1-3-32-20-12-13-22(33-4-2)21(15-20)27-23(31)17-34-25-29-28-24(18-9-8-14-26-16-18)30(25)19-10-6-5-7-11-19/h5-16H,3-4,17H2,1-2H3,(H,27,31). The van der Waals surface area contributed by atoms with Crippen molar-refractivity contribution in [2.75, 3.05) is 24.3 Å². The average molecular weight is 476 g/mol. The Morgan fingerprint density at radius 2 is 1.82 bits per heavy atom. The van der Waals surface area contributed by atoms with Crippen molar-refractivity contribution in [2.24, 2.45) is 0 Å². The lowest BCUT2D eigenvalue weighted by Crippen LogP contribution is -2.15. The summed E-state index contributed by atoms with van der Waals surface area (Å²) < 4.78 is 13.1. The maximum Gasteiger partial charge on any atom is 0.234 e. The van der Waals surface area contributed by atoms with E-state index in [0.717, 1.165) is 11.3 Å². The van der Waals surface area contributed by atoms with Crippen molar-refractivity contribution < 1.29 is 14.3 Å². The van der Waals surface area contributed by atoms with Gasteiger partial charge in [0.25, 0.3) is 0 Å². The smallest absolute Gasteiger partial charge is 0.234 e. The summed E-state index contributed by atoms with van der Waals surface area (Å²) in [6, 6.07) is 19.0. The van der Waals surface area contributed by atoms with E-state index in [1.807, 2.05) is 66.9 Å². The molecule has 1 amide bonds. The van der Waals surface area contributed by atoms with Crippen molar-refractivity contribution in [3.63, 3.8) is 0 Å². The van der Waals surface area contributed by atoms with Crippen LogP contribution in [-0.4, -0.2) is 44.6 Å². The number of ether oxygens (including phenoxy) is 2. The second-order valence-electron chi connectivity index (χ2n) is 7.08. The lowest BCUT2D eigenvalue weighted by atomic mass is 10.2. The highest BCUT2D eigenvalue weighted by Crippen LogP contribution is 2.31. The number of amides is 1. The van der Waals surface area contributed by atoms with E-state index in [-0.39, 0.29) is 11.7 Å². The topological polar surface area (TPSA) is 91.2 Å². The summed E-state index contributed by atoms with van der Waals surface area (Å²) in [4.78, 5) is 17.0. The molecule has 1 N–H and O–H groups in total. The molecule has 0 fully saturated rings. The van der Waals surface area contributed by atoms with Crippen molar-refractivity contribution in [3.05, 3.63) is 73.1 Å². The number of aromatic nitrogens is 4. The van der Waals surface area contributed by atoms with Crippen LogP contribution in [0.15, 0.2) is 78.2 Å². The Morgan fingerprint density at radius 3 is 2.56 bits per heavy atom.